The van der Waals surface area contributed by atoms with E-state index in [4.69, 9.17) is 11.6 Å². The van der Waals surface area contributed by atoms with E-state index in [0.717, 1.165) is 12.8 Å². The number of hydrogen-bond acceptors (Lipinski definition) is 1. The van der Waals surface area contributed by atoms with Gasteiger partial charge >= 0.3 is 0 Å². The average Bonchev–Trinajstić information content (AvgIpc) is 2.52. The molecule has 1 aromatic carbocycles. The summed E-state index contributed by atoms with van der Waals surface area (Å²) in [6.45, 7) is 2.84. The molecule has 0 unspecified atom stereocenters. The summed E-state index contributed by atoms with van der Waals surface area (Å²) >= 11 is 0. The highest BCUT2D eigenvalue weighted by molar-refractivity contribution is 5.13. The summed E-state index contributed by atoms with van der Waals surface area (Å²) < 4.78 is 43.8. The zero-order valence-electron chi connectivity index (χ0n) is 15.8. The quantitative estimate of drug-likeness (QED) is 0.525. The first kappa shape index (κ1) is 8.31. The number of hydrogen-bond donors (Lipinski definition) is 0. The number of benzene rings is 1. The van der Waals surface area contributed by atoms with Crippen LogP contribution in [0, 0.1) is 0 Å². The average molecular weight is 239 g/mol. The van der Waals surface area contributed by atoms with E-state index in [-0.39, 0.29) is 42.4 Å². The summed E-state index contributed by atoms with van der Waals surface area (Å²) in [5.74, 6) is 0. The molecule has 0 fully saturated rings. The number of unbranched alkanes of at least 4 members (excludes halogenated alkanes) is 6. The summed E-state index contributed by atoms with van der Waals surface area (Å²) in [5.41, 5.74) is 0.244. The zero-order chi connectivity index (χ0) is 16.5. The van der Waals surface area contributed by atoms with Gasteiger partial charge in [0.05, 0.1) is 13.5 Å². The lowest BCUT2D eigenvalue weighted by Crippen LogP contribution is -1.95. The van der Waals surface area contributed by atoms with Crippen molar-refractivity contribution in [3.63, 3.8) is 0 Å². The molecule has 0 aliphatic heterocycles. The highest BCUT2D eigenvalue weighted by atomic mass is 16.5. The zero-order valence-corrected chi connectivity index (χ0v) is 10.8. The first-order valence-electron chi connectivity index (χ1n) is 9.14. The molecule has 1 nitrogen and oxygen atoms in total. The van der Waals surface area contributed by atoms with Gasteiger partial charge in [0.15, 0.2) is 0 Å². The third kappa shape index (κ3) is 7.98. The molecule has 1 heteroatoms. The van der Waals surface area contributed by atoms with Crippen LogP contribution in [0.4, 0.5) is 0 Å². The van der Waals surface area contributed by atoms with E-state index in [1.165, 1.54) is 32.1 Å². The molecule has 17 heavy (non-hydrogen) atoms. The van der Waals surface area contributed by atoms with Crippen molar-refractivity contribution in [2.24, 2.45) is 0 Å². The molecule has 96 valence electrons. The van der Waals surface area contributed by atoms with Crippen LogP contribution in [0.3, 0.4) is 0 Å². The Balaban J connectivity index is 2.34. The summed E-state index contributed by atoms with van der Waals surface area (Å²) in [6.07, 6.45) is 8.37. The van der Waals surface area contributed by atoms with Crippen molar-refractivity contribution in [2.45, 2.75) is 58.5 Å². The Hall–Kier alpha value is -0.820. The normalized spacial score (nSPS) is 14.8. The molecule has 0 heterocycles. The van der Waals surface area contributed by atoms with E-state index in [2.05, 4.69) is 6.92 Å². The maximum atomic E-state index is 7.79. The Morgan fingerprint density at radius 3 is 2.29 bits per heavy atom. The first-order chi connectivity index (χ1) is 10.5. The lowest BCUT2D eigenvalue weighted by Gasteiger charge is -2.04. The fourth-order valence-corrected chi connectivity index (χ4v) is 1.68. The molecule has 0 aliphatic rings. The van der Waals surface area contributed by atoms with E-state index >= 15 is 0 Å². The number of ether oxygens (including phenoxy) is 1. The van der Waals surface area contributed by atoms with E-state index < -0.39 is 0 Å². The fourth-order valence-electron chi connectivity index (χ4n) is 1.68. The van der Waals surface area contributed by atoms with Gasteiger partial charge < -0.3 is 4.74 Å². The van der Waals surface area contributed by atoms with Gasteiger partial charge in [-0.2, -0.15) is 0 Å². The van der Waals surface area contributed by atoms with E-state index in [0.29, 0.717) is 6.61 Å². The lowest BCUT2D eigenvalue weighted by molar-refractivity contribution is 0.116. The molecule has 1 aromatic rings. The third-order valence-electron chi connectivity index (χ3n) is 2.69. The van der Waals surface area contributed by atoms with Crippen LogP contribution in [-0.2, 0) is 11.3 Å². The SMILES string of the molecule is [2H]c1c([2H])c([2H])c(COCCCCCCCCC)c([2H])c1[2H]. The predicted octanol–water partition coefficient (Wildman–Crippen LogP) is 4.95. The standard InChI is InChI=1S/C16H26O/c1-2-3-4-5-6-7-11-14-17-15-16-12-9-8-10-13-16/h8-10,12-13H,2-7,11,14-15H2,1H3/i8D,9D,10D,12D,13D. The van der Waals surface area contributed by atoms with Crippen LogP contribution in [0.1, 0.15) is 64.3 Å². The molecule has 0 aromatic heterocycles. The molecule has 0 N–H and O–H groups in total. The van der Waals surface area contributed by atoms with Crippen molar-refractivity contribution in [1.29, 1.82) is 0 Å². The Morgan fingerprint density at radius 2 is 1.59 bits per heavy atom. The molecule has 0 spiro atoms. The van der Waals surface area contributed by atoms with Crippen molar-refractivity contribution in [1.82, 2.24) is 0 Å². The van der Waals surface area contributed by atoms with Crippen LogP contribution in [0.25, 0.3) is 0 Å². The van der Waals surface area contributed by atoms with Crippen molar-refractivity contribution in [3.8, 4) is 0 Å². The third-order valence-corrected chi connectivity index (χ3v) is 2.69. The van der Waals surface area contributed by atoms with Gasteiger partial charge in [-0.05, 0) is 12.0 Å². The van der Waals surface area contributed by atoms with E-state index in [1.807, 2.05) is 0 Å². The summed E-state index contributed by atoms with van der Waals surface area (Å²) in [6, 6.07) is -1.27. The largest absolute Gasteiger partial charge is 0.377 e. The second-order valence-corrected chi connectivity index (χ2v) is 4.28. The minimum atomic E-state index is -0.356. The maximum absolute atomic E-state index is 7.79. The first-order valence-corrected chi connectivity index (χ1v) is 6.64. The maximum Gasteiger partial charge on any atom is 0.0716 e. The van der Waals surface area contributed by atoms with Gasteiger partial charge in [-0.1, -0.05) is 75.7 Å². The minimum Gasteiger partial charge on any atom is -0.377 e. The minimum absolute atomic E-state index is 0.0749. The molecule has 0 saturated heterocycles. The molecule has 0 radical (unpaired) electrons. The molecule has 0 atom stereocenters. The second kappa shape index (κ2) is 10.3. The van der Waals surface area contributed by atoms with Crippen molar-refractivity contribution in [3.05, 3.63) is 35.8 Å². The van der Waals surface area contributed by atoms with Crippen LogP contribution < -0.4 is 0 Å². The Bertz CT molecular complexity index is 447. The smallest absolute Gasteiger partial charge is 0.0716 e. The number of rotatable bonds is 10. The second-order valence-electron chi connectivity index (χ2n) is 4.28. The Morgan fingerprint density at radius 1 is 0.941 bits per heavy atom. The molecule has 0 bridgehead atoms. The van der Waals surface area contributed by atoms with Gasteiger partial charge in [-0.15, -0.1) is 0 Å². The molecular formula is C16H26O. The van der Waals surface area contributed by atoms with Crippen LogP contribution >= 0.6 is 0 Å². The van der Waals surface area contributed by atoms with Crippen LogP contribution in [0.15, 0.2) is 30.2 Å². The molecule has 1 rings (SSSR count). The molecule has 0 saturated carbocycles. The van der Waals surface area contributed by atoms with Crippen molar-refractivity contribution < 1.29 is 11.6 Å². The predicted molar refractivity (Wildman–Crippen MR) is 74.1 cm³/mol. The fraction of sp³-hybridized carbons (Fsp3) is 0.625. The van der Waals surface area contributed by atoms with Gasteiger partial charge in [-0.3, -0.25) is 0 Å². The van der Waals surface area contributed by atoms with Crippen LogP contribution in [0.2, 0.25) is 0 Å². The van der Waals surface area contributed by atoms with Crippen molar-refractivity contribution >= 4 is 0 Å². The van der Waals surface area contributed by atoms with Gasteiger partial charge in [0.2, 0.25) is 0 Å². The van der Waals surface area contributed by atoms with Gasteiger partial charge in [-0.25, -0.2) is 0 Å². The Labute approximate surface area is 113 Å². The molecule has 0 aliphatic carbocycles. The van der Waals surface area contributed by atoms with Gasteiger partial charge in [0.25, 0.3) is 0 Å². The van der Waals surface area contributed by atoms with Crippen LogP contribution in [0.5, 0.6) is 0 Å². The topological polar surface area (TPSA) is 9.23 Å². The molecule has 0 amide bonds. The van der Waals surface area contributed by atoms with Gasteiger partial charge in [0.1, 0.15) is 0 Å². The van der Waals surface area contributed by atoms with Gasteiger partial charge in [0, 0.05) is 6.61 Å². The molecular weight excluding hydrogens is 208 g/mol. The highest BCUT2D eigenvalue weighted by Gasteiger charge is 1.93. The lowest BCUT2D eigenvalue weighted by atomic mass is 10.1. The Kier molecular flexibility index (Phi) is 5.06. The van der Waals surface area contributed by atoms with E-state index in [9.17, 15) is 0 Å². The van der Waals surface area contributed by atoms with E-state index in [1.54, 1.807) is 0 Å². The van der Waals surface area contributed by atoms with Crippen LogP contribution in [-0.4, -0.2) is 6.61 Å². The highest BCUT2D eigenvalue weighted by Crippen LogP contribution is 2.07. The monoisotopic (exact) mass is 239 g/mol. The summed E-state index contributed by atoms with van der Waals surface area (Å²) in [5, 5.41) is 0. The summed E-state index contributed by atoms with van der Waals surface area (Å²) in [4.78, 5) is 0. The van der Waals surface area contributed by atoms with Crippen molar-refractivity contribution in [2.75, 3.05) is 6.61 Å². The summed E-state index contributed by atoms with van der Waals surface area (Å²) in [7, 11) is 0.